The summed E-state index contributed by atoms with van der Waals surface area (Å²) in [5, 5.41) is 9.77. The van der Waals surface area contributed by atoms with Gasteiger partial charge >= 0.3 is 0 Å². The summed E-state index contributed by atoms with van der Waals surface area (Å²) < 4.78 is 0. The smallest absolute Gasteiger partial charge is 0.142 e. The van der Waals surface area contributed by atoms with Gasteiger partial charge in [0.25, 0.3) is 0 Å². The second-order valence-corrected chi connectivity index (χ2v) is 7.48. The Kier molecular flexibility index (Phi) is 6.28. The topological polar surface area (TPSA) is 62.7 Å². The first-order valence-electron chi connectivity index (χ1n) is 9.99. The predicted molar refractivity (Wildman–Crippen MR) is 108 cm³/mol. The van der Waals surface area contributed by atoms with Gasteiger partial charge in [-0.1, -0.05) is 68.4 Å². The van der Waals surface area contributed by atoms with Gasteiger partial charge in [-0.15, -0.1) is 0 Å². The van der Waals surface area contributed by atoms with Crippen LogP contribution in [-0.2, 0) is 12.8 Å². The van der Waals surface area contributed by atoms with Gasteiger partial charge in [-0.05, 0) is 43.7 Å². The van der Waals surface area contributed by atoms with Crippen LogP contribution in [0.15, 0.2) is 24.3 Å². The van der Waals surface area contributed by atoms with Gasteiger partial charge in [-0.3, -0.25) is 0 Å². The summed E-state index contributed by atoms with van der Waals surface area (Å²) in [6.45, 7) is 2.09. The number of rotatable bonds is 1. The number of aryl methyl sites for hydroxylation is 2. The van der Waals surface area contributed by atoms with Crippen LogP contribution in [0.5, 0.6) is 0 Å². The van der Waals surface area contributed by atoms with Gasteiger partial charge < -0.3 is 5.73 Å². The predicted octanol–water partition coefficient (Wildman–Crippen LogP) is 5.73. The van der Waals surface area contributed by atoms with Crippen molar-refractivity contribution in [3.63, 3.8) is 0 Å². The number of hydrogen-bond donors (Lipinski definition) is 1. The minimum atomic E-state index is 0.384. The van der Waals surface area contributed by atoms with Crippen LogP contribution in [0.2, 0.25) is 0 Å². The molecule has 3 rings (SSSR count). The Morgan fingerprint density at radius 2 is 1.62 bits per heavy atom. The molecule has 1 aromatic carbocycles. The Hall–Kier alpha value is -2.34. The first-order valence-corrected chi connectivity index (χ1v) is 9.99. The van der Waals surface area contributed by atoms with Crippen molar-refractivity contribution in [3.8, 4) is 17.2 Å². The van der Waals surface area contributed by atoms with Crippen molar-refractivity contribution < 1.29 is 0 Å². The lowest BCUT2D eigenvalue weighted by atomic mass is 9.88. The summed E-state index contributed by atoms with van der Waals surface area (Å²) in [4.78, 5) is 4.68. The number of pyridine rings is 1. The number of nitrogens with two attached hydrogens (primary N) is 1. The zero-order chi connectivity index (χ0) is 18.4. The molecule has 0 saturated carbocycles. The molecule has 0 spiro atoms. The lowest BCUT2D eigenvalue weighted by Gasteiger charge is -2.19. The summed E-state index contributed by atoms with van der Waals surface area (Å²) in [6, 6.07) is 10.7. The highest BCUT2D eigenvalue weighted by Gasteiger charge is 2.20. The molecule has 3 heteroatoms. The molecule has 1 aliphatic rings. The van der Waals surface area contributed by atoms with E-state index in [0.717, 1.165) is 42.5 Å². The average Bonchev–Trinajstić information content (AvgIpc) is 2.62. The van der Waals surface area contributed by atoms with Crippen LogP contribution in [0, 0.1) is 18.3 Å². The quantitative estimate of drug-likeness (QED) is 0.716. The van der Waals surface area contributed by atoms with Crippen molar-refractivity contribution in [1.29, 1.82) is 5.26 Å². The van der Waals surface area contributed by atoms with Crippen LogP contribution in [0.3, 0.4) is 0 Å². The molecular formula is C23H29N3. The Bertz CT molecular complexity index is 802. The van der Waals surface area contributed by atoms with Crippen LogP contribution in [0.4, 0.5) is 5.82 Å². The fourth-order valence-corrected chi connectivity index (χ4v) is 4.06. The molecule has 0 fully saturated rings. The van der Waals surface area contributed by atoms with Crippen molar-refractivity contribution in [2.45, 2.75) is 71.1 Å². The van der Waals surface area contributed by atoms with Crippen LogP contribution < -0.4 is 5.73 Å². The summed E-state index contributed by atoms with van der Waals surface area (Å²) in [5.41, 5.74) is 12.4. The second kappa shape index (κ2) is 8.85. The lowest BCUT2D eigenvalue weighted by molar-refractivity contribution is 0.557. The number of fused-ring (bicyclic) bond motifs is 1. The monoisotopic (exact) mass is 347 g/mol. The van der Waals surface area contributed by atoms with E-state index in [9.17, 15) is 5.26 Å². The largest absolute Gasteiger partial charge is 0.383 e. The minimum Gasteiger partial charge on any atom is -0.383 e. The summed E-state index contributed by atoms with van der Waals surface area (Å²) >= 11 is 0. The Labute approximate surface area is 157 Å². The van der Waals surface area contributed by atoms with E-state index in [-0.39, 0.29) is 0 Å². The van der Waals surface area contributed by atoms with E-state index < -0.39 is 0 Å². The first-order chi connectivity index (χ1) is 12.7. The minimum absolute atomic E-state index is 0.384. The molecule has 2 N–H and O–H groups in total. The Balaban J connectivity index is 2.12. The van der Waals surface area contributed by atoms with Crippen molar-refractivity contribution >= 4 is 5.82 Å². The third-order valence-electron chi connectivity index (χ3n) is 5.42. The third-order valence-corrected chi connectivity index (χ3v) is 5.42. The molecule has 0 bridgehead atoms. The molecule has 1 aromatic heterocycles. The molecule has 136 valence electrons. The summed E-state index contributed by atoms with van der Waals surface area (Å²) in [5.74, 6) is 0.384. The first kappa shape index (κ1) is 18.5. The van der Waals surface area contributed by atoms with Gasteiger partial charge in [0, 0.05) is 11.3 Å². The van der Waals surface area contributed by atoms with E-state index in [4.69, 9.17) is 5.73 Å². The van der Waals surface area contributed by atoms with Crippen LogP contribution in [0.1, 0.15) is 73.8 Å². The van der Waals surface area contributed by atoms with Gasteiger partial charge in [0.05, 0.1) is 0 Å². The third kappa shape index (κ3) is 4.25. The SMILES string of the molecule is Cc1cccc(-c2c(C#N)c(N)nc3c2CCCCCCCCCC3)c1. The summed E-state index contributed by atoms with van der Waals surface area (Å²) in [7, 11) is 0. The lowest BCUT2D eigenvalue weighted by Crippen LogP contribution is -2.09. The van der Waals surface area contributed by atoms with E-state index in [1.54, 1.807) is 0 Å². The molecule has 0 unspecified atom stereocenters. The van der Waals surface area contributed by atoms with E-state index in [1.165, 1.54) is 49.7 Å². The molecule has 0 amide bonds. The molecule has 3 nitrogen and oxygen atoms in total. The zero-order valence-corrected chi connectivity index (χ0v) is 15.9. The fourth-order valence-electron chi connectivity index (χ4n) is 4.06. The molecule has 0 aliphatic heterocycles. The molecule has 26 heavy (non-hydrogen) atoms. The number of benzene rings is 1. The van der Waals surface area contributed by atoms with E-state index in [2.05, 4.69) is 42.2 Å². The fraction of sp³-hybridized carbons (Fsp3) is 0.478. The zero-order valence-electron chi connectivity index (χ0n) is 15.9. The Morgan fingerprint density at radius 1 is 0.962 bits per heavy atom. The molecule has 1 heterocycles. The van der Waals surface area contributed by atoms with E-state index in [1.807, 2.05) is 0 Å². The number of nitrogens with zero attached hydrogens (tertiary/aromatic N) is 2. The maximum absolute atomic E-state index is 9.77. The van der Waals surface area contributed by atoms with E-state index >= 15 is 0 Å². The number of nitrogen functional groups attached to an aromatic ring is 1. The van der Waals surface area contributed by atoms with Crippen molar-refractivity contribution in [2.75, 3.05) is 5.73 Å². The highest BCUT2D eigenvalue weighted by molar-refractivity contribution is 5.79. The molecule has 0 atom stereocenters. The molecule has 2 aromatic rings. The molecule has 0 saturated heterocycles. The van der Waals surface area contributed by atoms with Gasteiger partial charge in [0.15, 0.2) is 0 Å². The summed E-state index contributed by atoms with van der Waals surface area (Å²) in [6.07, 6.45) is 12.1. The number of anilines is 1. The molecule has 0 radical (unpaired) electrons. The van der Waals surface area contributed by atoms with Gasteiger partial charge in [0.1, 0.15) is 17.5 Å². The number of nitriles is 1. The maximum atomic E-state index is 9.77. The van der Waals surface area contributed by atoms with Crippen molar-refractivity contribution in [3.05, 3.63) is 46.6 Å². The highest BCUT2D eigenvalue weighted by atomic mass is 14.9. The van der Waals surface area contributed by atoms with Crippen molar-refractivity contribution in [1.82, 2.24) is 4.98 Å². The van der Waals surface area contributed by atoms with Crippen LogP contribution in [-0.4, -0.2) is 4.98 Å². The van der Waals surface area contributed by atoms with Gasteiger partial charge in [0.2, 0.25) is 0 Å². The standard InChI is InChI=1S/C23H29N3/c1-17-11-10-12-18(15-17)22-19-13-8-6-4-2-3-5-7-9-14-21(19)26-23(25)20(22)16-24/h10-12,15H,2-9,13-14H2,1H3,(H2,25,26). The van der Waals surface area contributed by atoms with E-state index in [0.29, 0.717) is 11.4 Å². The van der Waals surface area contributed by atoms with Crippen molar-refractivity contribution in [2.24, 2.45) is 0 Å². The van der Waals surface area contributed by atoms with Gasteiger partial charge in [-0.2, -0.15) is 5.26 Å². The molecule has 1 aliphatic carbocycles. The molecular weight excluding hydrogens is 318 g/mol. The normalized spacial score (nSPS) is 16.0. The van der Waals surface area contributed by atoms with Crippen LogP contribution in [0.25, 0.3) is 11.1 Å². The number of aromatic nitrogens is 1. The highest BCUT2D eigenvalue weighted by Crippen LogP contribution is 2.34. The maximum Gasteiger partial charge on any atom is 0.142 e. The average molecular weight is 348 g/mol. The van der Waals surface area contributed by atoms with Gasteiger partial charge in [-0.25, -0.2) is 4.98 Å². The second-order valence-electron chi connectivity index (χ2n) is 7.48. The van der Waals surface area contributed by atoms with Crippen LogP contribution >= 0.6 is 0 Å². The Morgan fingerprint density at radius 3 is 2.27 bits per heavy atom. The number of hydrogen-bond acceptors (Lipinski definition) is 3.